The first-order chi connectivity index (χ1) is 12.5. The van der Waals surface area contributed by atoms with Crippen molar-refractivity contribution in [3.8, 4) is 11.4 Å². The van der Waals surface area contributed by atoms with E-state index in [1.54, 1.807) is 4.68 Å². The summed E-state index contributed by atoms with van der Waals surface area (Å²) in [6, 6.07) is 8.04. The molecule has 1 saturated carbocycles. The normalized spacial score (nSPS) is 13.8. The first-order valence-electron chi connectivity index (χ1n) is 8.70. The molecule has 3 aromatic rings. The Hall–Kier alpha value is -3.03. The summed E-state index contributed by atoms with van der Waals surface area (Å²) in [4.78, 5) is 12.4. The fraction of sp³-hybridized carbons (Fsp3) is 0.389. The molecule has 1 amide bonds. The van der Waals surface area contributed by atoms with Crippen LogP contribution in [0.4, 0.5) is 5.69 Å². The minimum atomic E-state index is -0.0558. The Balaban J connectivity index is 1.45. The summed E-state index contributed by atoms with van der Waals surface area (Å²) in [7, 11) is 1.89. The predicted molar refractivity (Wildman–Crippen MR) is 96.5 cm³/mol. The number of nitrogens with zero attached hydrogens (tertiary/aromatic N) is 6. The van der Waals surface area contributed by atoms with Crippen molar-refractivity contribution in [3.63, 3.8) is 0 Å². The molecule has 8 nitrogen and oxygen atoms in total. The molecule has 134 valence electrons. The third kappa shape index (κ3) is 3.10. The van der Waals surface area contributed by atoms with Crippen molar-refractivity contribution < 1.29 is 4.79 Å². The molecule has 1 aliphatic carbocycles. The Labute approximate surface area is 151 Å². The first kappa shape index (κ1) is 16.4. The van der Waals surface area contributed by atoms with Crippen LogP contribution in [0.2, 0.25) is 0 Å². The van der Waals surface area contributed by atoms with Crippen LogP contribution < -0.4 is 5.32 Å². The van der Waals surface area contributed by atoms with Gasteiger partial charge in [-0.3, -0.25) is 9.48 Å². The third-order valence-corrected chi connectivity index (χ3v) is 4.81. The molecule has 1 aromatic carbocycles. The van der Waals surface area contributed by atoms with E-state index in [1.165, 1.54) is 0 Å². The van der Waals surface area contributed by atoms with Gasteiger partial charge in [0, 0.05) is 29.6 Å². The standard InChI is InChI=1S/C18H21N7O/c1-11-16(12(2)24(3)21-11)10-17(26)19-14-6-4-13(5-7-14)18-20-22-23-25(18)15-8-9-15/h4-7,15H,8-10H2,1-3H3,(H,19,26). The summed E-state index contributed by atoms with van der Waals surface area (Å²) in [6.07, 6.45) is 2.56. The van der Waals surface area contributed by atoms with Gasteiger partial charge in [-0.05, 0) is 61.4 Å². The van der Waals surface area contributed by atoms with Gasteiger partial charge in [-0.2, -0.15) is 5.10 Å². The van der Waals surface area contributed by atoms with Gasteiger partial charge in [0.25, 0.3) is 0 Å². The lowest BCUT2D eigenvalue weighted by Crippen LogP contribution is -2.15. The molecule has 1 fully saturated rings. The molecule has 0 aliphatic heterocycles. The first-order valence-corrected chi connectivity index (χ1v) is 8.70. The van der Waals surface area contributed by atoms with Gasteiger partial charge in [0.15, 0.2) is 5.82 Å². The van der Waals surface area contributed by atoms with Crippen LogP contribution in [-0.4, -0.2) is 35.9 Å². The van der Waals surface area contributed by atoms with E-state index in [0.717, 1.165) is 46.9 Å². The summed E-state index contributed by atoms with van der Waals surface area (Å²) in [5, 5.41) is 19.3. The summed E-state index contributed by atoms with van der Waals surface area (Å²) in [5.41, 5.74) is 4.58. The Morgan fingerprint density at radius 1 is 1.23 bits per heavy atom. The monoisotopic (exact) mass is 351 g/mol. The van der Waals surface area contributed by atoms with E-state index in [1.807, 2.05) is 49.8 Å². The molecule has 0 spiro atoms. The molecular weight excluding hydrogens is 330 g/mol. The van der Waals surface area contributed by atoms with Gasteiger partial charge in [-0.15, -0.1) is 5.10 Å². The quantitative estimate of drug-likeness (QED) is 0.761. The number of hydrogen-bond acceptors (Lipinski definition) is 5. The Morgan fingerprint density at radius 3 is 2.58 bits per heavy atom. The zero-order chi connectivity index (χ0) is 18.3. The topological polar surface area (TPSA) is 90.5 Å². The maximum Gasteiger partial charge on any atom is 0.228 e. The number of tetrazole rings is 1. The lowest BCUT2D eigenvalue weighted by molar-refractivity contribution is -0.115. The highest BCUT2D eigenvalue weighted by molar-refractivity contribution is 5.92. The van der Waals surface area contributed by atoms with E-state index in [9.17, 15) is 4.79 Å². The summed E-state index contributed by atoms with van der Waals surface area (Å²) < 4.78 is 3.68. The number of nitrogens with one attached hydrogen (secondary N) is 1. The molecule has 1 N–H and O–H groups in total. The highest BCUT2D eigenvalue weighted by Crippen LogP contribution is 2.36. The van der Waals surface area contributed by atoms with Gasteiger partial charge in [-0.1, -0.05) is 0 Å². The number of benzene rings is 1. The highest BCUT2D eigenvalue weighted by Gasteiger charge is 2.28. The fourth-order valence-electron chi connectivity index (χ4n) is 3.09. The summed E-state index contributed by atoms with van der Waals surface area (Å²) >= 11 is 0. The minimum Gasteiger partial charge on any atom is -0.326 e. The van der Waals surface area contributed by atoms with Crippen LogP contribution in [0.5, 0.6) is 0 Å². The average molecular weight is 351 g/mol. The third-order valence-electron chi connectivity index (χ3n) is 4.81. The van der Waals surface area contributed by atoms with Gasteiger partial charge in [0.05, 0.1) is 18.2 Å². The van der Waals surface area contributed by atoms with Gasteiger partial charge in [-0.25, -0.2) is 4.68 Å². The summed E-state index contributed by atoms with van der Waals surface area (Å²) in [5.74, 6) is 0.715. The molecule has 0 radical (unpaired) electrons. The number of aromatic nitrogens is 6. The molecule has 4 rings (SSSR count). The van der Waals surface area contributed by atoms with Gasteiger partial charge in [0.1, 0.15) is 0 Å². The van der Waals surface area contributed by atoms with E-state index >= 15 is 0 Å². The van der Waals surface area contributed by atoms with Crippen LogP contribution in [0, 0.1) is 13.8 Å². The van der Waals surface area contributed by atoms with Crippen molar-refractivity contribution in [2.75, 3.05) is 5.32 Å². The van der Waals surface area contributed by atoms with Crippen molar-refractivity contribution in [3.05, 3.63) is 41.2 Å². The van der Waals surface area contributed by atoms with Crippen LogP contribution >= 0.6 is 0 Å². The molecule has 0 atom stereocenters. The zero-order valence-electron chi connectivity index (χ0n) is 15.1. The summed E-state index contributed by atoms with van der Waals surface area (Å²) in [6.45, 7) is 3.90. The Morgan fingerprint density at radius 2 is 1.96 bits per heavy atom. The van der Waals surface area contributed by atoms with Crippen LogP contribution in [0.1, 0.15) is 35.8 Å². The number of carbonyl (C=O) groups is 1. The van der Waals surface area contributed by atoms with Crippen LogP contribution in [0.3, 0.4) is 0 Å². The van der Waals surface area contributed by atoms with Crippen LogP contribution in [0.25, 0.3) is 11.4 Å². The second kappa shape index (κ2) is 6.36. The van der Waals surface area contributed by atoms with Crippen molar-refractivity contribution in [1.29, 1.82) is 0 Å². The lowest BCUT2D eigenvalue weighted by Gasteiger charge is -2.07. The van der Waals surface area contributed by atoms with E-state index in [-0.39, 0.29) is 5.91 Å². The molecule has 0 unspecified atom stereocenters. The van der Waals surface area contributed by atoms with Gasteiger partial charge >= 0.3 is 0 Å². The number of aryl methyl sites for hydroxylation is 2. The maximum atomic E-state index is 12.4. The van der Waals surface area contributed by atoms with Crippen LogP contribution in [0.15, 0.2) is 24.3 Å². The smallest absolute Gasteiger partial charge is 0.228 e. The second-order valence-corrected chi connectivity index (χ2v) is 6.75. The molecule has 8 heteroatoms. The molecule has 2 heterocycles. The molecule has 0 saturated heterocycles. The van der Waals surface area contributed by atoms with Crippen molar-refractivity contribution in [1.82, 2.24) is 30.0 Å². The van der Waals surface area contributed by atoms with Gasteiger partial charge < -0.3 is 5.32 Å². The molecule has 26 heavy (non-hydrogen) atoms. The predicted octanol–water partition coefficient (Wildman–Crippen LogP) is 2.21. The number of hydrogen-bond donors (Lipinski definition) is 1. The van der Waals surface area contributed by atoms with E-state index in [0.29, 0.717) is 12.5 Å². The lowest BCUT2D eigenvalue weighted by atomic mass is 10.1. The van der Waals surface area contributed by atoms with Crippen molar-refractivity contribution in [2.24, 2.45) is 7.05 Å². The molecule has 0 bridgehead atoms. The van der Waals surface area contributed by atoms with Crippen molar-refractivity contribution >= 4 is 11.6 Å². The van der Waals surface area contributed by atoms with E-state index < -0.39 is 0 Å². The molecule has 2 aromatic heterocycles. The second-order valence-electron chi connectivity index (χ2n) is 6.75. The number of anilines is 1. The number of amides is 1. The van der Waals surface area contributed by atoms with Crippen molar-refractivity contribution in [2.45, 2.75) is 39.2 Å². The zero-order valence-corrected chi connectivity index (χ0v) is 15.1. The SMILES string of the molecule is Cc1nn(C)c(C)c1CC(=O)Nc1ccc(-c2nnnn2C2CC2)cc1. The minimum absolute atomic E-state index is 0.0558. The average Bonchev–Trinajstić information content (AvgIpc) is 3.30. The van der Waals surface area contributed by atoms with E-state index in [2.05, 4.69) is 25.9 Å². The maximum absolute atomic E-state index is 12.4. The van der Waals surface area contributed by atoms with Crippen LogP contribution in [-0.2, 0) is 18.3 Å². The molecule has 1 aliphatic rings. The fourth-order valence-corrected chi connectivity index (χ4v) is 3.09. The Bertz CT molecular complexity index is 951. The highest BCUT2D eigenvalue weighted by atomic mass is 16.1. The largest absolute Gasteiger partial charge is 0.326 e. The number of rotatable bonds is 5. The number of carbonyl (C=O) groups excluding carboxylic acids is 1. The molecular formula is C18H21N7O. The van der Waals surface area contributed by atoms with E-state index in [4.69, 9.17) is 0 Å². The van der Waals surface area contributed by atoms with Gasteiger partial charge in [0.2, 0.25) is 5.91 Å². The Kier molecular flexibility index (Phi) is 4.02.